The lowest BCUT2D eigenvalue weighted by molar-refractivity contribution is -0.0365. The Morgan fingerprint density at radius 1 is 0.857 bits per heavy atom. The number of imidazole rings is 1. The van der Waals surface area contributed by atoms with Gasteiger partial charge in [-0.2, -0.15) is 5.10 Å². The molecular formula is C37H40N8O4. The van der Waals surface area contributed by atoms with Crippen molar-refractivity contribution in [1.29, 1.82) is 0 Å². The van der Waals surface area contributed by atoms with Crippen molar-refractivity contribution in [2.24, 2.45) is 0 Å². The standard InChI is InChI=1S/C37H40N8O4/c1-23-41-34(36-37(42-23)44(22-40-36)30-10-3-5-16-48-30)27-18-25(21-47-20-24-12-14-26(46-2)15-13-24)19-39-33(27)35-32-28(38)8-7-9-29(32)45(43-35)31-11-4-6-17-49-31/h7-9,12-15,18-19,22,30-31H,3-6,10-11,16-17,20-21,38H2,1-2H3. The highest BCUT2D eigenvalue weighted by Gasteiger charge is 2.27. The normalized spacial score (nSPS) is 18.3. The summed E-state index contributed by atoms with van der Waals surface area (Å²) in [5.41, 5.74) is 14.3. The summed E-state index contributed by atoms with van der Waals surface area (Å²) in [6.07, 6.45) is 9.40. The van der Waals surface area contributed by atoms with Gasteiger partial charge in [0.2, 0.25) is 0 Å². The zero-order valence-electron chi connectivity index (χ0n) is 27.8. The van der Waals surface area contributed by atoms with Crippen molar-refractivity contribution >= 4 is 27.8 Å². The van der Waals surface area contributed by atoms with Crippen molar-refractivity contribution in [1.82, 2.24) is 34.3 Å². The van der Waals surface area contributed by atoms with Crippen molar-refractivity contribution in [2.75, 3.05) is 26.1 Å². The molecule has 2 saturated heterocycles. The molecule has 2 aliphatic heterocycles. The number of anilines is 1. The van der Waals surface area contributed by atoms with E-state index in [1.165, 1.54) is 0 Å². The van der Waals surface area contributed by atoms with Gasteiger partial charge in [-0.05, 0) is 86.9 Å². The van der Waals surface area contributed by atoms with Gasteiger partial charge in [0.1, 0.15) is 40.4 Å². The quantitative estimate of drug-likeness (QED) is 0.163. The number of benzene rings is 2. The predicted octanol–water partition coefficient (Wildman–Crippen LogP) is 6.92. The average Bonchev–Trinajstić information content (AvgIpc) is 3.75. The van der Waals surface area contributed by atoms with E-state index in [4.69, 9.17) is 49.7 Å². The number of hydrogen-bond acceptors (Lipinski definition) is 10. The number of nitrogen functional groups attached to an aromatic ring is 1. The molecule has 0 spiro atoms. The van der Waals surface area contributed by atoms with Crippen LogP contribution in [0.3, 0.4) is 0 Å². The number of aryl methyl sites for hydroxylation is 1. The largest absolute Gasteiger partial charge is 0.497 e. The highest BCUT2D eigenvalue weighted by Crippen LogP contribution is 2.40. The van der Waals surface area contributed by atoms with Crippen LogP contribution in [0.5, 0.6) is 5.75 Å². The van der Waals surface area contributed by atoms with Crippen molar-refractivity contribution in [3.63, 3.8) is 0 Å². The second-order valence-electron chi connectivity index (χ2n) is 12.7. The van der Waals surface area contributed by atoms with Gasteiger partial charge in [-0.3, -0.25) is 9.55 Å². The highest BCUT2D eigenvalue weighted by atomic mass is 16.5. The second kappa shape index (κ2) is 13.5. The first-order valence-corrected chi connectivity index (χ1v) is 17.0. The van der Waals surface area contributed by atoms with Gasteiger partial charge in [0.05, 0.1) is 37.6 Å². The van der Waals surface area contributed by atoms with E-state index in [2.05, 4.69) is 6.07 Å². The molecule has 0 radical (unpaired) electrons. The van der Waals surface area contributed by atoms with Crippen LogP contribution in [-0.4, -0.2) is 54.6 Å². The number of aromatic nitrogens is 7. The fraction of sp³-hybridized carbons (Fsp3) is 0.378. The molecule has 49 heavy (non-hydrogen) atoms. The van der Waals surface area contributed by atoms with E-state index < -0.39 is 0 Å². The van der Waals surface area contributed by atoms with E-state index in [1.54, 1.807) is 7.11 Å². The maximum Gasteiger partial charge on any atom is 0.166 e. The van der Waals surface area contributed by atoms with Crippen molar-refractivity contribution in [3.8, 4) is 28.4 Å². The second-order valence-corrected chi connectivity index (χ2v) is 12.7. The van der Waals surface area contributed by atoms with Crippen molar-refractivity contribution in [2.45, 2.75) is 71.1 Å². The zero-order valence-corrected chi connectivity index (χ0v) is 27.8. The maximum absolute atomic E-state index is 6.69. The molecule has 0 amide bonds. The Hall–Kier alpha value is -4.91. The van der Waals surface area contributed by atoms with Gasteiger partial charge >= 0.3 is 0 Å². The van der Waals surface area contributed by atoms with Crippen LogP contribution < -0.4 is 10.5 Å². The van der Waals surface area contributed by atoms with Crippen molar-refractivity contribution < 1.29 is 18.9 Å². The van der Waals surface area contributed by atoms with Crippen LogP contribution in [0.15, 0.2) is 61.1 Å². The fourth-order valence-electron chi connectivity index (χ4n) is 6.85. The summed E-state index contributed by atoms with van der Waals surface area (Å²) in [6.45, 7) is 4.10. The molecule has 2 N–H and O–H groups in total. The summed E-state index contributed by atoms with van der Waals surface area (Å²) < 4.78 is 27.8. The summed E-state index contributed by atoms with van der Waals surface area (Å²) in [4.78, 5) is 19.8. The van der Waals surface area contributed by atoms with E-state index >= 15 is 0 Å². The number of rotatable bonds is 9. The highest BCUT2D eigenvalue weighted by molar-refractivity contribution is 6.04. The Morgan fingerprint density at radius 3 is 2.39 bits per heavy atom. The molecule has 2 fully saturated rings. The van der Waals surface area contributed by atoms with Gasteiger partial charge in [-0.1, -0.05) is 18.2 Å². The smallest absolute Gasteiger partial charge is 0.166 e. The molecule has 8 rings (SSSR count). The van der Waals surface area contributed by atoms with Crippen LogP contribution in [0.1, 0.15) is 67.9 Å². The molecule has 6 aromatic rings. The molecule has 0 saturated carbocycles. The lowest BCUT2D eigenvalue weighted by atomic mass is 10.0. The molecule has 6 heterocycles. The third-order valence-electron chi connectivity index (χ3n) is 9.31. The third-order valence-corrected chi connectivity index (χ3v) is 9.31. The van der Waals surface area contributed by atoms with Crippen LogP contribution in [0.2, 0.25) is 0 Å². The number of methoxy groups -OCH3 is 1. The SMILES string of the molecule is COc1ccc(COCc2cnc(-c3nn(C4CCCCO4)c4cccc(N)c34)c(-c3nc(C)nc4c3ncn4C3CCCCO3)c2)cc1. The zero-order chi connectivity index (χ0) is 33.3. The molecule has 12 heteroatoms. The van der Waals surface area contributed by atoms with Crippen LogP contribution in [0, 0.1) is 6.92 Å². The summed E-state index contributed by atoms with van der Waals surface area (Å²) in [7, 11) is 1.66. The van der Waals surface area contributed by atoms with Gasteiger partial charge in [-0.15, -0.1) is 0 Å². The van der Waals surface area contributed by atoms with Gasteiger partial charge in [0, 0.05) is 30.7 Å². The maximum atomic E-state index is 6.69. The number of ether oxygens (including phenoxy) is 4. The number of pyridine rings is 1. The van der Waals surface area contributed by atoms with E-state index in [9.17, 15) is 0 Å². The minimum absolute atomic E-state index is 0.119. The van der Waals surface area contributed by atoms with Gasteiger partial charge in [0.15, 0.2) is 11.9 Å². The minimum atomic E-state index is -0.180. The lowest BCUT2D eigenvalue weighted by Crippen LogP contribution is -2.19. The average molecular weight is 661 g/mol. The van der Waals surface area contributed by atoms with E-state index in [0.29, 0.717) is 53.9 Å². The Balaban J connectivity index is 1.25. The third kappa shape index (κ3) is 6.11. The Morgan fingerprint density at radius 2 is 1.63 bits per heavy atom. The number of nitrogens with zero attached hydrogens (tertiary/aromatic N) is 7. The van der Waals surface area contributed by atoms with Gasteiger partial charge in [-0.25, -0.2) is 19.6 Å². The van der Waals surface area contributed by atoms with Crippen LogP contribution in [-0.2, 0) is 27.4 Å². The Bertz CT molecular complexity index is 2100. The first-order valence-electron chi connectivity index (χ1n) is 17.0. The molecule has 2 aromatic carbocycles. The molecule has 12 nitrogen and oxygen atoms in total. The molecule has 0 aliphatic carbocycles. The van der Waals surface area contributed by atoms with Crippen LogP contribution in [0.25, 0.3) is 44.7 Å². The molecule has 2 unspecified atom stereocenters. The minimum Gasteiger partial charge on any atom is -0.497 e. The van der Waals surface area contributed by atoms with Gasteiger partial charge in [0.25, 0.3) is 0 Å². The van der Waals surface area contributed by atoms with E-state index in [1.807, 2.05) is 71.2 Å². The monoisotopic (exact) mass is 660 g/mol. The van der Waals surface area contributed by atoms with E-state index in [0.717, 1.165) is 84.1 Å². The fourth-order valence-corrected chi connectivity index (χ4v) is 6.85. The topological polar surface area (TPSA) is 137 Å². The van der Waals surface area contributed by atoms with Gasteiger partial charge < -0.3 is 24.7 Å². The summed E-state index contributed by atoms with van der Waals surface area (Å²) in [5.74, 6) is 1.43. The molecule has 252 valence electrons. The summed E-state index contributed by atoms with van der Waals surface area (Å²) >= 11 is 0. The first kappa shape index (κ1) is 31.4. The molecule has 2 aliphatic rings. The lowest BCUT2D eigenvalue weighted by Gasteiger charge is -2.23. The number of nitrogens with two attached hydrogens (primary N) is 1. The summed E-state index contributed by atoms with van der Waals surface area (Å²) in [6, 6.07) is 15.8. The number of hydrogen-bond donors (Lipinski definition) is 1. The molecular weight excluding hydrogens is 620 g/mol. The molecule has 2 atom stereocenters. The van der Waals surface area contributed by atoms with Crippen molar-refractivity contribution in [3.05, 3.63) is 78.0 Å². The molecule has 4 aromatic heterocycles. The summed E-state index contributed by atoms with van der Waals surface area (Å²) in [5, 5.41) is 6.01. The van der Waals surface area contributed by atoms with Crippen LogP contribution in [0.4, 0.5) is 5.69 Å². The van der Waals surface area contributed by atoms with E-state index in [-0.39, 0.29) is 12.5 Å². The molecule has 0 bridgehead atoms. The first-order chi connectivity index (χ1) is 24.1. The Labute approximate surface area is 284 Å². The Kier molecular flexibility index (Phi) is 8.67. The predicted molar refractivity (Wildman–Crippen MR) is 186 cm³/mol. The van der Waals surface area contributed by atoms with Crippen LogP contribution >= 0.6 is 0 Å². The number of fused-ring (bicyclic) bond motifs is 2.